The first-order valence-electron chi connectivity index (χ1n) is 19.5. The molecule has 4 heterocycles. The Morgan fingerprint density at radius 1 is 0.627 bits per heavy atom. The van der Waals surface area contributed by atoms with Crippen LogP contribution >= 0.6 is 0 Å². The summed E-state index contributed by atoms with van der Waals surface area (Å²) in [4.78, 5) is 88.7. The summed E-state index contributed by atoms with van der Waals surface area (Å²) in [5.41, 5.74) is 1.06. The van der Waals surface area contributed by atoms with E-state index < -0.39 is 29.7 Å². The maximum absolute atomic E-state index is 12.8. The molecule has 0 saturated carbocycles. The van der Waals surface area contributed by atoms with Crippen LogP contribution in [0.3, 0.4) is 0 Å². The Morgan fingerprint density at radius 2 is 1.05 bits per heavy atom. The van der Waals surface area contributed by atoms with E-state index in [-0.39, 0.29) is 29.8 Å². The van der Waals surface area contributed by atoms with E-state index in [1.165, 1.54) is 24.3 Å². The Bertz CT molecular complexity index is 2290. The number of aliphatic carboxylic acids is 1. The lowest BCUT2D eigenvalue weighted by Gasteiger charge is -2.27. The van der Waals surface area contributed by atoms with E-state index in [0.29, 0.717) is 61.1 Å². The number of nitrogens with zero attached hydrogens (tertiary/aromatic N) is 8. The third-order valence-electron chi connectivity index (χ3n) is 9.47. The SMILES string of the molecule is CC(C)(C)OC(=O)N1CCCN(c2ccc3ncn(CC(=O)O)c(=O)c3c2)CC1.COC(=O)Cn1cnc2ccc(N3CCCN(C(=O)OC(C)(C)C)CC3)cc2c1=O. The monoisotopic (exact) mass is 818 g/mol. The Balaban J connectivity index is 0.000000224. The highest BCUT2D eigenvalue weighted by atomic mass is 16.6. The van der Waals surface area contributed by atoms with Crippen LogP contribution in [0.5, 0.6) is 0 Å². The van der Waals surface area contributed by atoms with Crippen molar-refractivity contribution in [3.63, 3.8) is 0 Å². The largest absolute Gasteiger partial charge is 0.480 e. The summed E-state index contributed by atoms with van der Waals surface area (Å²) in [5, 5.41) is 9.77. The summed E-state index contributed by atoms with van der Waals surface area (Å²) in [5.74, 6) is -1.61. The van der Waals surface area contributed by atoms with Crippen LogP contribution in [0.15, 0.2) is 58.6 Å². The van der Waals surface area contributed by atoms with E-state index in [9.17, 15) is 28.8 Å². The van der Waals surface area contributed by atoms with E-state index in [1.54, 1.807) is 34.1 Å². The van der Waals surface area contributed by atoms with Crippen molar-refractivity contribution in [1.82, 2.24) is 28.9 Å². The molecule has 2 aliphatic rings. The van der Waals surface area contributed by atoms with E-state index in [1.807, 2.05) is 53.7 Å². The number of esters is 1. The number of rotatable bonds is 6. The van der Waals surface area contributed by atoms with Crippen molar-refractivity contribution in [2.24, 2.45) is 0 Å². The van der Waals surface area contributed by atoms with Gasteiger partial charge in [0.25, 0.3) is 11.1 Å². The second kappa shape index (κ2) is 18.6. The lowest BCUT2D eigenvalue weighted by atomic mass is 10.2. The smallest absolute Gasteiger partial charge is 0.410 e. The number of methoxy groups -OCH3 is 1. The molecule has 4 aromatic rings. The highest BCUT2D eigenvalue weighted by molar-refractivity contribution is 5.83. The summed E-state index contributed by atoms with van der Waals surface area (Å²) in [6.45, 7) is 15.5. The van der Waals surface area contributed by atoms with Gasteiger partial charge < -0.3 is 38.9 Å². The zero-order chi connectivity index (χ0) is 43.1. The number of fused-ring (bicyclic) bond motifs is 2. The molecule has 2 saturated heterocycles. The summed E-state index contributed by atoms with van der Waals surface area (Å²) in [7, 11) is 1.28. The molecule has 18 heteroatoms. The van der Waals surface area contributed by atoms with E-state index in [4.69, 9.17) is 14.6 Å². The molecule has 2 amide bonds. The summed E-state index contributed by atoms with van der Waals surface area (Å²) >= 11 is 0. The maximum Gasteiger partial charge on any atom is 0.410 e. The predicted octanol–water partition coefficient (Wildman–Crippen LogP) is 3.95. The number of aromatic nitrogens is 4. The molecule has 0 spiro atoms. The third-order valence-corrected chi connectivity index (χ3v) is 9.47. The minimum Gasteiger partial charge on any atom is -0.480 e. The highest BCUT2D eigenvalue weighted by Crippen LogP contribution is 2.23. The molecule has 18 nitrogen and oxygen atoms in total. The minimum absolute atomic E-state index is 0.183. The zero-order valence-electron chi connectivity index (χ0n) is 34.8. The first kappa shape index (κ1) is 43.9. The second-order valence-corrected chi connectivity index (χ2v) is 16.3. The van der Waals surface area contributed by atoms with Crippen molar-refractivity contribution in [1.29, 1.82) is 0 Å². The molecule has 59 heavy (non-hydrogen) atoms. The Labute approximate surface area is 341 Å². The average Bonchev–Trinajstić information content (AvgIpc) is 3.58. The van der Waals surface area contributed by atoms with Crippen LogP contribution in [0.2, 0.25) is 0 Å². The minimum atomic E-state index is -1.10. The van der Waals surface area contributed by atoms with Crippen LogP contribution in [0.4, 0.5) is 21.0 Å². The fraction of sp³-hybridized carbons (Fsp3) is 0.512. The van der Waals surface area contributed by atoms with Gasteiger partial charge in [-0.25, -0.2) is 19.6 Å². The van der Waals surface area contributed by atoms with Gasteiger partial charge >= 0.3 is 24.1 Å². The molecule has 2 fully saturated rings. The molecule has 2 aliphatic heterocycles. The maximum atomic E-state index is 12.8. The molecule has 6 rings (SSSR count). The number of anilines is 2. The molecule has 0 radical (unpaired) electrons. The second-order valence-electron chi connectivity index (χ2n) is 16.3. The number of carbonyl (C=O) groups is 4. The lowest BCUT2D eigenvalue weighted by Crippen LogP contribution is -2.39. The number of hydrogen-bond donors (Lipinski definition) is 1. The number of carbonyl (C=O) groups excluding carboxylic acids is 3. The molecule has 1 N–H and O–H groups in total. The molecular weight excluding hydrogens is 764 g/mol. The number of carboxylic acids is 1. The van der Waals surface area contributed by atoms with Crippen LogP contribution in [0, 0.1) is 0 Å². The average molecular weight is 819 g/mol. The Morgan fingerprint density at radius 3 is 1.44 bits per heavy atom. The third kappa shape index (κ3) is 11.9. The molecule has 0 bridgehead atoms. The molecule has 0 unspecified atom stereocenters. The Kier molecular flexibility index (Phi) is 13.8. The first-order chi connectivity index (χ1) is 27.8. The van der Waals surface area contributed by atoms with Gasteiger partial charge in [0.1, 0.15) is 24.3 Å². The van der Waals surface area contributed by atoms with Gasteiger partial charge in [0.05, 0.1) is 41.6 Å². The summed E-state index contributed by atoms with van der Waals surface area (Å²) in [6.07, 6.45) is 3.54. The molecule has 0 atom stereocenters. The van der Waals surface area contributed by atoms with Gasteiger partial charge in [-0.3, -0.25) is 28.3 Å². The highest BCUT2D eigenvalue weighted by Gasteiger charge is 2.26. The first-order valence-corrected chi connectivity index (χ1v) is 19.5. The number of amides is 2. The Hall–Kier alpha value is -6.20. The molecular formula is C41H54N8O10. The van der Waals surface area contributed by atoms with Crippen molar-refractivity contribution >= 4 is 57.3 Å². The van der Waals surface area contributed by atoms with Crippen molar-refractivity contribution in [2.45, 2.75) is 78.7 Å². The number of benzene rings is 2. The van der Waals surface area contributed by atoms with E-state index >= 15 is 0 Å². The van der Waals surface area contributed by atoms with Crippen LogP contribution in [0.25, 0.3) is 21.8 Å². The van der Waals surface area contributed by atoms with Gasteiger partial charge in [-0.15, -0.1) is 0 Å². The summed E-state index contributed by atoms with van der Waals surface area (Å²) in [6, 6.07) is 10.9. The van der Waals surface area contributed by atoms with Gasteiger partial charge in [-0.05, 0) is 90.8 Å². The van der Waals surface area contributed by atoms with Crippen molar-refractivity contribution in [3.05, 3.63) is 69.8 Å². The summed E-state index contributed by atoms with van der Waals surface area (Å²) < 4.78 is 17.9. The zero-order valence-corrected chi connectivity index (χ0v) is 34.8. The van der Waals surface area contributed by atoms with Crippen molar-refractivity contribution < 1.29 is 38.5 Å². The number of hydrogen-bond acceptors (Lipinski definition) is 13. The van der Waals surface area contributed by atoms with Gasteiger partial charge in [0.2, 0.25) is 0 Å². The standard InChI is InChI=1S/C21H28N4O5.C20H26N4O5/c1-21(2,3)30-20(28)24-9-5-8-23(10-11-24)15-6-7-17-16(12-15)19(27)25(14-22-17)13-18(26)29-4;1-20(2,3)29-19(28)23-8-4-7-22(9-10-23)14-5-6-16-15(11-14)18(27)24(13-21-16)12-17(25)26/h6-7,12,14H,5,8-11,13H2,1-4H3;5-6,11,13H,4,7-10,12H2,1-3H3,(H,25,26). The normalized spacial score (nSPS) is 15.2. The number of ether oxygens (including phenoxy) is 3. The van der Waals surface area contributed by atoms with E-state index in [2.05, 4.69) is 24.5 Å². The van der Waals surface area contributed by atoms with Gasteiger partial charge in [0, 0.05) is 63.7 Å². The van der Waals surface area contributed by atoms with Crippen molar-refractivity contribution in [2.75, 3.05) is 69.3 Å². The van der Waals surface area contributed by atoms with Crippen LogP contribution < -0.4 is 20.9 Å². The van der Waals surface area contributed by atoms with Crippen molar-refractivity contribution in [3.8, 4) is 0 Å². The molecule has 318 valence electrons. The van der Waals surface area contributed by atoms with Crippen LogP contribution in [-0.4, -0.2) is 129 Å². The number of carboxylic acid groups (broad SMARTS) is 1. The fourth-order valence-corrected chi connectivity index (χ4v) is 6.63. The quantitative estimate of drug-likeness (QED) is 0.217. The van der Waals surface area contributed by atoms with Gasteiger partial charge in [-0.2, -0.15) is 0 Å². The van der Waals surface area contributed by atoms with Crippen LogP contribution in [0.1, 0.15) is 54.4 Å². The van der Waals surface area contributed by atoms with E-state index in [0.717, 1.165) is 41.9 Å². The lowest BCUT2D eigenvalue weighted by molar-refractivity contribution is -0.141. The van der Waals surface area contributed by atoms with Gasteiger partial charge in [0.15, 0.2) is 0 Å². The van der Waals surface area contributed by atoms with Gasteiger partial charge in [-0.1, -0.05) is 0 Å². The molecule has 2 aromatic heterocycles. The molecule has 2 aromatic carbocycles. The van der Waals surface area contributed by atoms with Crippen LogP contribution in [-0.2, 0) is 36.9 Å². The topological polar surface area (TPSA) is 199 Å². The fourth-order valence-electron chi connectivity index (χ4n) is 6.63. The molecule has 0 aliphatic carbocycles. The predicted molar refractivity (Wildman–Crippen MR) is 221 cm³/mol.